The van der Waals surface area contributed by atoms with Crippen LogP contribution in [0, 0.1) is 13.8 Å². The highest BCUT2D eigenvalue weighted by Gasteiger charge is 2.21. The van der Waals surface area contributed by atoms with Crippen LogP contribution >= 0.6 is 22.7 Å². The number of hydrogen-bond donors (Lipinski definition) is 1. The number of thiophene rings is 1. The summed E-state index contributed by atoms with van der Waals surface area (Å²) in [6.07, 6.45) is 3.29. The van der Waals surface area contributed by atoms with E-state index in [0.717, 1.165) is 31.6 Å². The third-order valence-electron chi connectivity index (χ3n) is 4.21. The minimum atomic E-state index is -0.137. The Hall–Kier alpha value is -2.91. The Bertz CT molecular complexity index is 1070. The zero-order chi connectivity index (χ0) is 18.8. The molecule has 0 radical (unpaired) electrons. The van der Waals surface area contributed by atoms with Gasteiger partial charge in [0.15, 0.2) is 0 Å². The van der Waals surface area contributed by atoms with Crippen LogP contribution < -0.4 is 5.32 Å². The molecule has 4 rings (SSSR count). The first kappa shape index (κ1) is 17.5. The molecule has 1 aromatic carbocycles. The minimum absolute atomic E-state index is 0.137. The third kappa shape index (κ3) is 3.51. The highest BCUT2D eigenvalue weighted by atomic mass is 32.1. The van der Waals surface area contributed by atoms with Crippen LogP contribution in [-0.4, -0.2) is 31.1 Å². The highest BCUT2D eigenvalue weighted by molar-refractivity contribution is 7.15. The molecule has 0 bridgehead atoms. The summed E-state index contributed by atoms with van der Waals surface area (Å²) in [5.74, 6) is -0.137. The maximum Gasteiger partial charge on any atom is 0.254 e. The van der Waals surface area contributed by atoms with Crippen molar-refractivity contribution in [2.24, 2.45) is 0 Å². The van der Waals surface area contributed by atoms with Crippen LogP contribution in [0.15, 0.2) is 42.2 Å². The molecule has 0 saturated heterocycles. The van der Waals surface area contributed by atoms with Gasteiger partial charge in [0, 0.05) is 28.6 Å². The van der Waals surface area contributed by atoms with Gasteiger partial charge in [-0.2, -0.15) is 4.68 Å². The van der Waals surface area contributed by atoms with Crippen LogP contribution in [0.4, 0.5) is 0 Å². The van der Waals surface area contributed by atoms with Crippen molar-refractivity contribution in [3.8, 4) is 15.6 Å². The Kier molecular flexibility index (Phi) is 4.78. The number of tetrazole rings is 1. The van der Waals surface area contributed by atoms with Crippen LogP contribution in [0.25, 0.3) is 15.6 Å². The number of hydrogen-bond acceptors (Lipinski definition) is 7. The summed E-state index contributed by atoms with van der Waals surface area (Å²) in [6, 6.07) is 8.04. The second-order valence-electron chi connectivity index (χ2n) is 5.94. The van der Waals surface area contributed by atoms with Gasteiger partial charge in [-0.25, -0.2) is 4.98 Å². The molecule has 0 aliphatic heterocycles. The van der Waals surface area contributed by atoms with Crippen molar-refractivity contribution in [2.75, 3.05) is 0 Å². The monoisotopic (exact) mass is 396 g/mol. The van der Waals surface area contributed by atoms with E-state index < -0.39 is 0 Å². The lowest BCUT2D eigenvalue weighted by molar-refractivity contribution is 0.0950. The number of nitrogens with zero attached hydrogens (tertiary/aromatic N) is 5. The number of benzene rings is 1. The number of thiazole rings is 1. The number of carbonyl (C=O) groups excluding carboxylic acids is 1. The molecule has 27 heavy (non-hydrogen) atoms. The summed E-state index contributed by atoms with van der Waals surface area (Å²) in [4.78, 5) is 18.3. The maximum absolute atomic E-state index is 12.9. The second kappa shape index (κ2) is 7.37. The van der Waals surface area contributed by atoms with E-state index in [1.807, 2.05) is 43.5 Å². The van der Waals surface area contributed by atoms with Crippen molar-refractivity contribution < 1.29 is 4.79 Å². The van der Waals surface area contributed by atoms with Crippen LogP contribution in [0.2, 0.25) is 0 Å². The lowest BCUT2D eigenvalue weighted by Crippen LogP contribution is -2.24. The fourth-order valence-electron chi connectivity index (χ4n) is 2.74. The Morgan fingerprint density at radius 3 is 2.93 bits per heavy atom. The number of nitrogens with one attached hydrogen (secondary N) is 1. The molecular weight excluding hydrogens is 380 g/mol. The largest absolute Gasteiger partial charge is 0.348 e. The number of rotatable bonds is 5. The van der Waals surface area contributed by atoms with E-state index in [4.69, 9.17) is 0 Å². The lowest BCUT2D eigenvalue weighted by atomic mass is 10.1. The van der Waals surface area contributed by atoms with Crippen molar-refractivity contribution in [3.05, 3.63) is 63.7 Å². The zero-order valence-electron chi connectivity index (χ0n) is 14.7. The van der Waals surface area contributed by atoms with Crippen molar-refractivity contribution in [1.29, 1.82) is 0 Å². The predicted octanol–water partition coefficient (Wildman–Crippen LogP) is 3.39. The van der Waals surface area contributed by atoms with Crippen molar-refractivity contribution in [1.82, 2.24) is 30.5 Å². The molecule has 0 atom stereocenters. The predicted molar refractivity (Wildman–Crippen MR) is 105 cm³/mol. The van der Waals surface area contributed by atoms with Gasteiger partial charge in [-0.15, -0.1) is 27.8 Å². The molecule has 136 valence electrons. The number of aromatic nitrogens is 5. The molecule has 0 fully saturated rings. The summed E-state index contributed by atoms with van der Waals surface area (Å²) < 4.78 is 1.53. The summed E-state index contributed by atoms with van der Waals surface area (Å²) >= 11 is 3.09. The molecule has 0 aliphatic carbocycles. The number of aryl methyl sites for hydroxylation is 1. The Morgan fingerprint density at radius 1 is 1.30 bits per heavy atom. The van der Waals surface area contributed by atoms with E-state index >= 15 is 0 Å². The van der Waals surface area contributed by atoms with Gasteiger partial charge in [0.05, 0.1) is 5.56 Å². The van der Waals surface area contributed by atoms with E-state index in [0.29, 0.717) is 12.1 Å². The molecule has 3 aromatic heterocycles. The van der Waals surface area contributed by atoms with Gasteiger partial charge in [0.1, 0.15) is 16.3 Å². The second-order valence-corrected chi connectivity index (χ2v) is 8.04. The molecule has 7 nitrogen and oxygen atoms in total. The Balaban J connectivity index is 1.55. The minimum Gasteiger partial charge on any atom is -0.348 e. The van der Waals surface area contributed by atoms with Gasteiger partial charge in [0.25, 0.3) is 5.91 Å². The van der Waals surface area contributed by atoms with Crippen molar-refractivity contribution in [3.63, 3.8) is 0 Å². The average molecular weight is 397 g/mol. The van der Waals surface area contributed by atoms with Gasteiger partial charge in [0.2, 0.25) is 0 Å². The van der Waals surface area contributed by atoms with Gasteiger partial charge < -0.3 is 5.32 Å². The third-order valence-corrected chi connectivity index (χ3v) is 6.23. The van der Waals surface area contributed by atoms with Crippen LogP contribution in [0.3, 0.4) is 0 Å². The first-order valence-electron chi connectivity index (χ1n) is 8.24. The summed E-state index contributed by atoms with van der Waals surface area (Å²) in [5, 5.41) is 17.9. The Morgan fingerprint density at radius 2 is 2.19 bits per heavy atom. The molecule has 0 spiro atoms. The molecule has 9 heteroatoms. The van der Waals surface area contributed by atoms with E-state index in [9.17, 15) is 4.79 Å². The summed E-state index contributed by atoms with van der Waals surface area (Å²) in [6.45, 7) is 4.36. The number of carbonyl (C=O) groups is 1. The van der Waals surface area contributed by atoms with E-state index in [1.54, 1.807) is 17.5 Å². The molecule has 3 heterocycles. The fourth-order valence-corrected chi connectivity index (χ4v) is 4.45. The van der Waals surface area contributed by atoms with Crippen molar-refractivity contribution in [2.45, 2.75) is 20.4 Å². The van der Waals surface area contributed by atoms with E-state index in [1.165, 1.54) is 22.3 Å². The highest BCUT2D eigenvalue weighted by Crippen LogP contribution is 2.30. The van der Waals surface area contributed by atoms with Gasteiger partial charge in [-0.1, -0.05) is 18.2 Å². The topological polar surface area (TPSA) is 85.6 Å². The van der Waals surface area contributed by atoms with Gasteiger partial charge >= 0.3 is 0 Å². The summed E-state index contributed by atoms with van der Waals surface area (Å²) in [5.41, 5.74) is 3.62. The smallest absolute Gasteiger partial charge is 0.254 e. The SMILES string of the molecule is Cc1sc(-n2cnnn2)c(C(=O)NCc2cccc(-c3nccs3)c2)c1C. The zero-order valence-corrected chi connectivity index (χ0v) is 16.3. The van der Waals surface area contributed by atoms with Crippen LogP contribution in [0.5, 0.6) is 0 Å². The summed E-state index contributed by atoms with van der Waals surface area (Å²) in [7, 11) is 0. The Labute approximate surface area is 163 Å². The van der Waals surface area contributed by atoms with Gasteiger partial charge in [-0.3, -0.25) is 4.79 Å². The molecule has 4 aromatic rings. The van der Waals surface area contributed by atoms with Crippen LogP contribution in [-0.2, 0) is 6.54 Å². The van der Waals surface area contributed by atoms with Crippen molar-refractivity contribution >= 4 is 28.6 Å². The standard InChI is InChI=1S/C18H16N6OS2/c1-11-12(2)27-18(24-10-21-22-23-24)15(11)16(25)20-9-13-4-3-5-14(8-13)17-19-6-7-26-17/h3-8,10H,9H2,1-2H3,(H,20,25). The maximum atomic E-state index is 12.9. The molecule has 0 saturated carbocycles. The fraction of sp³-hybridized carbons (Fsp3) is 0.167. The average Bonchev–Trinajstić information content (AvgIpc) is 3.43. The molecule has 0 aliphatic rings. The van der Waals surface area contributed by atoms with Gasteiger partial charge in [-0.05, 0) is 41.5 Å². The molecular formula is C18H16N6OS2. The quantitative estimate of drug-likeness (QED) is 0.559. The first-order valence-corrected chi connectivity index (χ1v) is 9.93. The lowest BCUT2D eigenvalue weighted by Gasteiger charge is -2.08. The molecule has 0 unspecified atom stereocenters. The first-order chi connectivity index (χ1) is 13.1. The number of amides is 1. The van der Waals surface area contributed by atoms with Crippen LogP contribution in [0.1, 0.15) is 26.4 Å². The van der Waals surface area contributed by atoms with E-state index in [-0.39, 0.29) is 5.91 Å². The molecule has 1 N–H and O–H groups in total. The van der Waals surface area contributed by atoms with E-state index in [2.05, 4.69) is 25.8 Å². The molecule has 1 amide bonds. The normalized spacial score (nSPS) is 10.9.